The summed E-state index contributed by atoms with van der Waals surface area (Å²) in [5, 5.41) is 3.01. The second-order valence-corrected chi connectivity index (χ2v) is 5.83. The summed E-state index contributed by atoms with van der Waals surface area (Å²) in [5.41, 5.74) is 0.0143. The monoisotopic (exact) mass is 283 g/mol. The number of benzene rings is 1. The molecule has 1 aliphatic rings. The average Bonchev–Trinajstić information content (AvgIpc) is 2.42. The summed E-state index contributed by atoms with van der Waals surface area (Å²) >= 11 is 6.06. The predicted octanol–water partition coefficient (Wildman–Crippen LogP) is 3.74. The standard InChI is InChI=1S/C15H19ClFNO/c1-11-5-7-15(10-16,8-6-11)18-14(19)12-3-2-4-13(17)9-12/h2-4,9,11H,5-8,10H2,1H3,(H,18,19). The Kier molecular flexibility index (Phi) is 4.46. The van der Waals surface area contributed by atoms with E-state index in [1.807, 2.05) is 0 Å². The second kappa shape index (κ2) is 5.91. The maximum atomic E-state index is 13.1. The molecule has 0 unspecified atom stereocenters. The van der Waals surface area contributed by atoms with E-state index in [0.29, 0.717) is 17.4 Å². The fourth-order valence-electron chi connectivity index (χ4n) is 2.55. The van der Waals surface area contributed by atoms with Crippen molar-refractivity contribution in [3.05, 3.63) is 35.6 Å². The van der Waals surface area contributed by atoms with Crippen molar-refractivity contribution in [1.82, 2.24) is 5.32 Å². The van der Waals surface area contributed by atoms with Gasteiger partial charge in [-0.2, -0.15) is 0 Å². The molecule has 0 aromatic heterocycles. The van der Waals surface area contributed by atoms with Crippen molar-refractivity contribution in [2.24, 2.45) is 5.92 Å². The molecular formula is C15H19ClFNO. The van der Waals surface area contributed by atoms with E-state index in [9.17, 15) is 9.18 Å². The summed E-state index contributed by atoms with van der Waals surface area (Å²) < 4.78 is 13.1. The minimum absolute atomic E-state index is 0.241. The fourth-order valence-corrected chi connectivity index (χ4v) is 2.88. The number of carbonyl (C=O) groups is 1. The Morgan fingerprint density at radius 1 is 1.47 bits per heavy atom. The van der Waals surface area contributed by atoms with Gasteiger partial charge in [0.05, 0.1) is 5.54 Å². The van der Waals surface area contributed by atoms with Crippen molar-refractivity contribution in [1.29, 1.82) is 0 Å². The third kappa shape index (κ3) is 3.47. The highest BCUT2D eigenvalue weighted by Crippen LogP contribution is 2.33. The van der Waals surface area contributed by atoms with E-state index in [4.69, 9.17) is 11.6 Å². The van der Waals surface area contributed by atoms with Crippen LogP contribution in [-0.2, 0) is 0 Å². The summed E-state index contributed by atoms with van der Waals surface area (Å²) in [6, 6.07) is 5.74. The molecule has 1 aromatic rings. The molecule has 0 spiro atoms. The van der Waals surface area contributed by atoms with Gasteiger partial charge in [0.25, 0.3) is 5.91 Å². The smallest absolute Gasteiger partial charge is 0.251 e. The molecule has 1 N–H and O–H groups in total. The molecule has 4 heteroatoms. The van der Waals surface area contributed by atoms with Crippen molar-refractivity contribution in [2.75, 3.05) is 5.88 Å². The van der Waals surface area contributed by atoms with Gasteiger partial charge >= 0.3 is 0 Å². The first-order valence-corrected chi connectivity index (χ1v) is 7.22. The Morgan fingerprint density at radius 3 is 2.74 bits per heavy atom. The molecule has 0 saturated heterocycles. The summed E-state index contributed by atoms with van der Waals surface area (Å²) in [6.45, 7) is 2.21. The lowest BCUT2D eigenvalue weighted by Gasteiger charge is -2.38. The third-order valence-electron chi connectivity index (χ3n) is 3.95. The predicted molar refractivity (Wildman–Crippen MR) is 74.9 cm³/mol. The van der Waals surface area contributed by atoms with Crippen LogP contribution in [0.3, 0.4) is 0 Å². The van der Waals surface area contributed by atoms with E-state index in [1.54, 1.807) is 12.1 Å². The van der Waals surface area contributed by atoms with E-state index < -0.39 is 5.82 Å². The molecule has 1 amide bonds. The molecule has 1 saturated carbocycles. The van der Waals surface area contributed by atoms with E-state index in [-0.39, 0.29) is 11.4 Å². The van der Waals surface area contributed by atoms with Gasteiger partial charge in [0.1, 0.15) is 5.82 Å². The minimum atomic E-state index is -0.398. The number of rotatable bonds is 3. The molecule has 1 fully saturated rings. The van der Waals surface area contributed by atoms with Gasteiger partial charge in [-0.3, -0.25) is 4.79 Å². The molecule has 2 nitrogen and oxygen atoms in total. The SMILES string of the molecule is CC1CCC(CCl)(NC(=O)c2cccc(F)c2)CC1. The summed E-state index contributed by atoms with van der Waals surface area (Å²) in [7, 11) is 0. The van der Waals surface area contributed by atoms with Gasteiger partial charge in [-0.1, -0.05) is 13.0 Å². The number of hydrogen-bond acceptors (Lipinski definition) is 1. The highest BCUT2D eigenvalue weighted by atomic mass is 35.5. The third-order valence-corrected chi connectivity index (χ3v) is 4.46. The van der Waals surface area contributed by atoms with E-state index in [2.05, 4.69) is 12.2 Å². The van der Waals surface area contributed by atoms with Crippen LogP contribution in [0.1, 0.15) is 43.0 Å². The Balaban J connectivity index is 2.08. The lowest BCUT2D eigenvalue weighted by molar-refractivity contribution is 0.0872. The van der Waals surface area contributed by atoms with E-state index in [1.165, 1.54) is 12.1 Å². The Hall–Kier alpha value is -1.09. The van der Waals surface area contributed by atoms with Gasteiger partial charge in [-0.15, -0.1) is 11.6 Å². The molecule has 0 bridgehead atoms. The molecule has 1 aliphatic carbocycles. The first kappa shape index (κ1) is 14.3. The summed E-state index contributed by atoms with van der Waals surface area (Å²) in [4.78, 5) is 12.2. The van der Waals surface area contributed by atoms with Crippen molar-refractivity contribution in [2.45, 2.75) is 38.1 Å². The number of amides is 1. The number of hydrogen-bond donors (Lipinski definition) is 1. The van der Waals surface area contributed by atoms with Gasteiger partial charge in [0.2, 0.25) is 0 Å². The first-order valence-electron chi connectivity index (χ1n) is 6.69. The van der Waals surface area contributed by atoms with Gasteiger partial charge in [0, 0.05) is 11.4 Å². The Labute approximate surface area is 118 Å². The maximum absolute atomic E-state index is 13.1. The van der Waals surface area contributed by atoms with Crippen LogP contribution in [0, 0.1) is 11.7 Å². The quantitative estimate of drug-likeness (QED) is 0.841. The molecule has 1 aromatic carbocycles. The molecule has 0 heterocycles. The largest absolute Gasteiger partial charge is 0.345 e. The number of halogens is 2. The first-order chi connectivity index (χ1) is 9.04. The van der Waals surface area contributed by atoms with Crippen molar-refractivity contribution >= 4 is 17.5 Å². The normalized spacial score (nSPS) is 27.0. The molecule has 104 valence electrons. The van der Waals surface area contributed by atoms with Crippen LogP contribution in [0.2, 0.25) is 0 Å². The molecular weight excluding hydrogens is 265 g/mol. The van der Waals surface area contributed by atoms with Gasteiger partial charge < -0.3 is 5.32 Å². The number of carbonyl (C=O) groups excluding carboxylic acids is 1. The number of alkyl halides is 1. The zero-order valence-electron chi connectivity index (χ0n) is 11.1. The van der Waals surface area contributed by atoms with Gasteiger partial charge in [0.15, 0.2) is 0 Å². The van der Waals surface area contributed by atoms with Crippen LogP contribution >= 0.6 is 11.6 Å². The van der Waals surface area contributed by atoms with Crippen LogP contribution in [-0.4, -0.2) is 17.3 Å². The van der Waals surface area contributed by atoms with Crippen LogP contribution in [0.15, 0.2) is 24.3 Å². The lowest BCUT2D eigenvalue weighted by atomic mass is 9.78. The van der Waals surface area contributed by atoms with Crippen LogP contribution < -0.4 is 5.32 Å². The molecule has 0 atom stereocenters. The van der Waals surface area contributed by atoms with Crippen molar-refractivity contribution in [3.8, 4) is 0 Å². The minimum Gasteiger partial charge on any atom is -0.345 e. The topological polar surface area (TPSA) is 29.1 Å². The average molecular weight is 284 g/mol. The van der Waals surface area contributed by atoms with Crippen LogP contribution in [0.5, 0.6) is 0 Å². The zero-order chi connectivity index (χ0) is 13.9. The number of nitrogens with one attached hydrogen (secondary N) is 1. The van der Waals surface area contributed by atoms with Crippen LogP contribution in [0.25, 0.3) is 0 Å². The second-order valence-electron chi connectivity index (χ2n) is 5.56. The van der Waals surface area contributed by atoms with Crippen LogP contribution in [0.4, 0.5) is 4.39 Å². The van der Waals surface area contributed by atoms with E-state index >= 15 is 0 Å². The van der Waals surface area contributed by atoms with Gasteiger partial charge in [-0.25, -0.2) is 4.39 Å². The molecule has 0 aliphatic heterocycles. The lowest BCUT2D eigenvalue weighted by Crippen LogP contribution is -2.52. The highest BCUT2D eigenvalue weighted by Gasteiger charge is 2.35. The highest BCUT2D eigenvalue weighted by molar-refractivity contribution is 6.19. The summed E-state index contributed by atoms with van der Waals surface area (Å²) in [5.74, 6) is 0.447. The Morgan fingerprint density at radius 2 is 2.16 bits per heavy atom. The zero-order valence-corrected chi connectivity index (χ0v) is 11.8. The molecule has 2 rings (SSSR count). The molecule has 19 heavy (non-hydrogen) atoms. The van der Waals surface area contributed by atoms with E-state index in [0.717, 1.165) is 25.7 Å². The fraction of sp³-hybridized carbons (Fsp3) is 0.533. The van der Waals surface area contributed by atoms with Crippen molar-refractivity contribution < 1.29 is 9.18 Å². The van der Waals surface area contributed by atoms with Gasteiger partial charge in [-0.05, 0) is 49.8 Å². The Bertz CT molecular complexity index is 455. The molecule has 0 radical (unpaired) electrons. The maximum Gasteiger partial charge on any atom is 0.251 e. The summed E-state index contributed by atoms with van der Waals surface area (Å²) in [6.07, 6.45) is 3.91. The van der Waals surface area contributed by atoms with Crippen molar-refractivity contribution in [3.63, 3.8) is 0 Å².